The number of hydrogen-bond donors (Lipinski definition) is 4. The molecule has 0 atom stereocenters. The first-order valence-electron chi connectivity index (χ1n) is 8.37. The molecule has 0 heterocycles. The molecule has 5 N–H and O–H groups in total. The second-order valence-electron chi connectivity index (χ2n) is 6.41. The number of benzene rings is 3. The van der Waals surface area contributed by atoms with Gasteiger partial charge in [-0.1, -0.05) is 36.4 Å². The molecule has 3 aromatic rings. The number of para-hydroxylation sites is 2. The summed E-state index contributed by atoms with van der Waals surface area (Å²) in [6, 6.07) is 13.1. The molecule has 10 heteroatoms. The van der Waals surface area contributed by atoms with E-state index in [9.17, 15) is 27.7 Å². The van der Waals surface area contributed by atoms with Gasteiger partial charge >= 0.3 is 29.6 Å². The third-order valence-corrected chi connectivity index (χ3v) is 5.54. The summed E-state index contributed by atoms with van der Waals surface area (Å²) in [6.45, 7) is 0. The Morgan fingerprint density at radius 3 is 1.97 bits per heavy atom. The molecule has 30 heavy (non-hydrogen) atoms. The number of anilines is 3. The monoisotopic (exact) mass is 434 g/mol. The summed E-state index contributed by atoms with van der Waals surface area (Å²) in [5.74, 6) is -1.35. The van der Waals surface area contributed by atoms with Crippen molar-refractivity contribution in [2.45, 2.75) is 4.90 Å². The van der Waals surface area contributed by atoms with Crippen LogP contribution in [0.4, 0.5) is 17.1 Å². The van der Waals surface area contributed by atoms with Gasteiger partial charge in [-0.25, -0.2) is 0 Å². The smallest absolute Gasteiger partial charge is 1.00 e. The van der Waals surface area contributed by atoms with E-state index in [2.05, 4.69) is 5.32 Å². The molecule has 0 fully saturated rings. The molecular formula is C20H15N2NaO6S. The van der Waals surface area contributed by atoms with Crippen LogP contribution in [0.25, 0.3) is 0 Å². The zero-order valence-corrected chi connectivity index (χ0v) is 18.5. The number of aromatic hydroxyl groups is 1. The molecule has 4 rings (SSSR count). The number of carbonyl (C=O) groups is 2. The van der Waals surface area contributed by atoms with E-state index in [1.807, 2.05) is 0 Å². The molecule has 8 nitrogen and oxygen atoms in total. The number of phenols is 1. The Morgan fingerprint density at radius 2 is 1.40 bits per heavy atom. The van der Waals surface area contributed by atoms with Crippen molar-refractivity contribution < 1.29 is 58.7 Å². The van der Waals surface area contributed by atoms with Crippen LogP contribution in [0.5, 0.6) is 5.75 Å². The summed E-state index contributed by atoms with van der Waals surface area (Å²) in [5, 5.41) is 12.8. The van der Waals surface area contributed by atoms with Gasteiger partial charge in [0.2, 0.25) is 0 Å². The molecule has 0 radical (unpaired) electrons. The van der Waals surface area contributed by atoms with Gasteiger partial charge in [0, 0.05) is 11.1 Å². The van der Waals surface area contributed by atoms with E-state index >= 15 is 0 Å². The van der Waals surface area contributed by atoms with Gasteiger partial charge in [-0.15, -0.1) is 0 Å². The van der Waals surface area contributed by atoms with Crippen LogP contribution in [0.15, 0.2) is 59.5 Å². The summed E-state index contributed by atoms with van der Waals surface area (Å²) in [7, 11) is -4.80. The van der Waals surface area contributed by atoms with Gasteiger partial charge in [-0.05, 0) is 18.2 Å². The van der Waals surface area contributed by atoms with E-state index in [0.717, 1.165) is 6.07 Å². The van der Waals surface area contributed by atoms with Gasteiger partial charge in [0.15, 0.2) is 11.6 Å². The average molecular weight is 434 g/mol. The molecular weight excluding hydrogens is 419 g/mol. The fourth-order valence-electron chi connectivity index (χ4n) is 3.33. The third kappa shape index (κ3) is 3.51. The Kier molecular flexibility index (Phi) is 5.76. The SMILES string of the molecule is Nc1c(S(=O)(=O)O)cc(Nc2ccccc2O)c2c1C(=O)c1ccccc1C2=O.[H-].[Na+]. The van der Waals surface area contributed by atoms with Gasteiger partial charge in [0.25, 0.3) is 10.1 Å². The van der Waals surface area contributed by atoms with Crippen LogP contribution >= 0.6 is 0 Å². The van der Waals surface area contributed by atoms with Crippen LogP contribution in [0, 0.1) is 0 Å². The topological polar surface area (TPSA) is 147 Å². The Balaban J connectivity index is 0.00000171. The molecule has 1 aliphatic rings. The minimum absolute atomic E-state index is 0. The van der Waals surface area contributed by atoms with Gasteiger partial charge in [0.05, 0.1) is 28.2 Å². The molecule has 0 unspecified atom stereocenters. The Hall–Kier alpha value is -2.69. The van der Waals surface area contributed by atoms with Crippen LogP contribution < -0.4 is 40.6 Å². The maximum atomic E-state index is 13.1. The van der Waals surface area contributed by atoms with Crippen molar-refractivity contribution in [1.82, 2.24) is 0 Å². The fraction of sp³-hybridized carbons (Fsp3) is 0. The van der Waals surface area contributed by atoms with E-state index in [1.54, 1.807) is 24.3 Å². The quantitative estimate of drug-likeness (QED) is 0.151. The number of fused-ring (bicyclic) bond motifs is 2. The number of nitrogens with one attached hydrogen (secondary N) is 1. The van der Waals surface area contributed by atoms with E-state index < -0.39 is 32.3 Å². The molecule has 0 bridgehead atoms. The van der Waals surface area contributed by atoms with E-state index in [0.29, 0.717) is 0 Å². The summed E-state index contributed by atoms with van der Waals surface area (Å²) in [6.07, 6.45) is 0. The van der Waals surface area contributed by atoms with Crippen molar-refractivity contribution in [2.75, 3.05) is 11.1 Å². The number of hydrogen-bond acceptors (Lipinski definition) is 7. The summed E-state index contributed by atoms with van der Waals surface area (Å²) >= 11 is 0. The Bertz CT molecular complexity index is 1330. The predicted octanol–water partition coefficient (Wildman–Crippen LogP) is -0.143. The summed E-state index contributed by atoms with van der Waals surface area (Å²) in [4.78, 5) is 25.5. The second kappa shape index (κ2) is 7.86. The Labute approximate surface area is 195 Å². The number of ketones is 2. The first-order valence-corrected chi connectivity index (χ1v) is 9.81. The molecule has 148 valence electrons. The third-order valence-electron chi connectivity index (χ3n) is 4.65. The summed E-state index contributed by atoms with van der Waals surface area (Å²) < 4.78 is 33.3. The normalized spacial score (nSPS) is 12.6. The average Bonchev–Trinajstić information content (AvgIpc) is 2.68. The first-order chi connectivity index (χ1) is 13.7. The molecule has 0 amide bonds. The van der Waals surface area contributed by atoms with Crippen LogP contribution in [-0.2, 0) is 10.1 Å². The van der Waals surface area contributed by atoms with Crippen molar-refractivity contribution in [3.8, 4) is 5.75 Å². The van der Waals surface area contributed by atoms with Gasteiger partial charge < -0.3 is 17.6 Å². The first kappa shape index (κ1) is 22.0. The number of carbonyl (C=O) groups excluding carboxylic acids is 2. The standard InChI is InChI=1S/C20H14N2O6S.Na.H/c21-18-15(29(26,27)28)9-13(22-12-7-3-4-8-14(12)23)16-17(18)20(25)11-6-2-1-5-10(11)19(16)24;;/h1-9,22-23H,21H2,(H,26,27,28);;/q;+1;-1. The van der Waals surface area contributed by atoms with Crippen molar-refractivity contribution in [2.24, 2.45) is 0 Å². The molecule has 0 saturated heterocycles. The maximum Gasteiger partial charge on any atom is 1.00 e. The predicted molar refractivity (Wildman–Crippen MR) is 106 cm³/mol. The second-order valence-corrected chi connectivity index (χ2v) is 7.80. The van der Waals surface area contributed by atoms with Crippen molar-refractivity contribution in [3.63, 3.8) is 0 Å². The fourth-order valence-corrected chi connectivity index (χ4v) is 3.98. The summed E-state index contributed by atoms with van der Waals surface area (Å²) in [5.41, 5.74) is 5.24. The van der Waals surface area contributed by atoms with Gasteiger partial charge in [-0.3, -0.25) is 14.1 Å². The van der Waals surface area contributed by atoms with E-state index in [4.69, 9.17) is 5.73 Å². The number of phenolic OH excluding ortho intramolecular Hbond substituents is 1. The maximum absolute atomic E-state index is 13.1. The van der Waals surface area contributed by atoms with Crippen LogP contribution in [0.2, 0.25) is 0 Å². The van der Waals surface area contributed by atoms with Crippen molar-refractivity contribution >= 4 is 38.7 Å². The van der Waals surface area contributed by atoms with Crippen molar-refractivity contribution in [1.29, 1.82) is 0 Å². The van der Waals surface area contributed by atoms with Crippen LogP contribution in [-0.4, -0.2) is 29.6 Å². The molecule has 3 aromatic carbocycles. The van der Waals surface area contributed by atoms with Gasteiger partial charge in [-0.2, -0.15) is 8.42 Å². The van der Waals surface area contributed by atoms with Gasteiger partial charge in [0.1, 0.15) is 10.6 Å². The molecule has 0 aliphatic heterocycles. The molecule has 0 spiro atoms. The van der Waals surface area contributed by atoms with Crippen LogP contribution in [0.1, 0.15) is 33.3 Å². The minimum Gasteiger partial charge on any atom is -1.00 e. The number of nitrogen functional groups attached to an aromatic ring is 1. The largest absolute Gasteiger partial charge is 1.00 e. The molecule has 0 aromatic heterocycles. The van der Waals surface area contributed by atoms with E-state index in [-0.39, 0.29) is 70.4 Å². The van der Waals surface area contributed by atoms with Crippen LogP contribution in [0.3, 0.4) is 0 Å². The number of rotatable bonds is 3. The zero-order chi connectivity index (χ0) is 20.9. The molecule has 1 aliphatic carbocycles. The minimum atomic E-state index is -4.80. The zero-order valence-electron chi connectivity index (χ0n) is 16.7. The molecule has 0 saturated carbocycles. The van der Waals surface area contributed by atoms with Crippen molar-refractivity contribution in [3.05, 3.63) is 76.9 Å². The Morgan fingerprint density at radius 1 is 0.867 bits per heavy atom. The number of nitrogens with two attached hydrogens (primary N) is 1. The van der Waals surface area contributed by atoms with E-state index in [1.165, 1.54) is 24.3 Å².